The van der Waals surface area contributed by atoms with Crippen molar-refractivity contribution in [3.63, 3.8) is 0 Å². The van der Waals surface area contributed by atoms with Crippen molar-refractivity contribution in [2.75, 3.05) is 23.9 Å². The highest BCUT2D eigenvalue weighted by Gasteiger charge is 2.42. The molecular formula is C28H28FN5S. The Kier molecular flexibility index (Phi) is 6.03. The SMILES string of the molecule is Cc1cc(C2C(c3ccccn3)NC(=S)N2c2ccc(N(C)C)cc2)c(C)n1-c1ccc(F)cc1. The number of hydrogen-bond donors (Lipinski definition) is 1. The molecule has 2 aromatic carbocycles. The Labute approximate surface area is 210 Å². The molecule has 5 nitrogen and oxygen atoms in total. The van der Waals surface area contributed by atoms with Gasteiger partial charge in [-0.3, -0.25) is 4.98 Å². The summed E-state index contributed by atoms with van der Waals surface area (Å²) in [5, 5.41) is 4.20. The zero-order valence-corrected chi connectivity index (χ0v) is 21.1. The smallest absolute Gasteiger partial charge is 0.174 e. The molecule has 0 saturated carbocycles. The minimum atomic E-state index is -0.246. The minimum Gasteiger partial charge on any atom is -0.378 e. The molecule has 0 radical (unpaired) electrons. The summed E-state index contributed by atoms with van der Waals surface area (Å²) >= 11 is 5.88. The molecule has 1 aliphatic heterocycles. The average Bonchev–Trinajstić information content (AvgIpc) is 3.35. The van der Waals surface area contributed by atoms with E-state index in [4.69, 9.17) is 12.2 Å². The van der Waals surface area contributed by atoms with Crippen LogP contribution >= 0.6 is 12.2 Å². The number of halogens is 1. The van der Waals surface area contributed by atoms with Crippen LogP contribution in [0, 0.1) is 19.7 Å². The van der Waals surface area contributed by atoms with Crippen molar-refractivity contribution in [3.05, 3.63) is 107 Å². The van der Waals surface area contributed by atoms with Crippen molar-refractivity contribution in [1.29, 1.82) is 0 Å². The van der Waals surface area contributed by atoms with Crippen LogP contribution < -0.4 is 15.1 Å². The zero-order chi connectivity index (χ0) is 24.7. The van der Waals surface area contributed by atoms with Crippen LogP contribution in [-0.4, -0.2) is 28.8 Å². The molecule has 1 N–H and O–H groups in total. The lowest BCUT2D eigenvalue weighted by molar-refractivity contribution is 0.565. The van der Waals surface area contributed by atoms with Crippen LogP contribution in [0.1, 0.15) is 34.7 Å². The molecule has 2 unspecified atom stereocenters. The fourth-order valence-corrected chi connectivity index (χ4v) is 5.28. The zero-order valence-electron chi connectivity index (χ0n) is 20.2. The van der Waals surface area contributed by atoms with Crippen LogP contribution in [0.3, 0.4) is 0 Å². The second-order valence-corrected chi connectivity index (χ2v) is 9.43. The summed E-state index contributed by atoms with van der Waals surface area (Å²) in [4.78, 5) is 8.92. The molecule has 5 rings (SSSR count). The molecule has 0 bridgehead atoms. The Hall–Kier alpha value is -3.71. The molecule has 4 aromatic rings. The van der Waals surface area contributed by atoms with E-state index in [1.165, 1.54) is 12.1 Å². The summed E-state index contributed by atoms with van der Waals surface area (Å²) in [6.07, 6.45) is 1.81. The van der Waals surface area contributed by atoms with Gasteiger partial charge in [-0.25, -0.2) is 4.39 Å². The standard InChI is InChI=1S/C28H28FN5S/c1-18-17-24(19(2)33(18)22-10-8-20(29)9-11-22)27-26(25-7-5-6-16-30-25)31-28(35)34(27)23-14-12-21(13-15-23)32(3)4/h5-17,26-27H,1-4H3,(H,31,35). The number of pyridine rings is 1. The van der Waals surface area contributed by atoms with E-state index in [1.807, 2.05) is 50.6 Å². The normalized spacial score (nSPS) is 17.5. The number of thiocarbonyl (C=S) groups is 1. The van der Waals surface area contributed by atoms with Crippen molar-refractivity contribution < 1.29 is 4.39 Å². The molecule has 1 fully saturated rings. The summed E-state index contributed by atoms with van der Waals surface area (Å²) in [7, 11) is 4.06. The highest BCUT2D eigenvalue weighted by atomic mass is 32.1. The molecule has 7 heteroatoms. The monoisotopic (exact) mass is 485 g/mol. The van der Waals surface area contributed by atoms with Gasteiger partial charge < -0.3 is 19.7 Å². The van der Waals surface area contributed by atoms with Crippen LogP contribution in [0.5, 0.6) is 0 Å². The Morgan fingerprint density at radius 1 is 0.943 bits per heavy atom. The van der Waals surface area contributed by atoms with Crippen LogP contribution in [0.25, 0.3) is 5.69 Å². The van der Waals surface area contributed by atoms with Gasteiger partial charge in [0.05, 0.1) is 17.8 Å². The van der Waals surface area contributed by atoms with Crippen LogP contribution in [0.4, 0.5) is 15.8 Å². The molecule has 0 amide bonds. The highest BCUT2D eigenvalue weighted by molar-refractivity contribution is 7.80. The van der Waals surface area contributed by atoms with Gasteiger partial charge in [0.1, 0.15) is 5.82 Å². The van der Waals surface area contributed by atoms with E-state index in [1.54, 1.807) is 0 Å². The molecule has 1 aliphatic rings. The number of nitrogens with one attached hydrogen (secondary N) is 1. The third-order valence-electron chi connectivity index (χ3n) is 6.62. The molecular weight excluding hydrogens is 457 g/mol. The van der Waals surface area contributed by atoms with Gasteiger partial charge in [-0.05, 0) is 98.4 Å². The van der Waals surface area contributed by atoms with E-state index in [2.05, 4.69) is 68.8 Å². The maximum Gasteiger partial charge on any atom is 0.174 e. The van der Waals surface area contributed by atoms with Crippen molar-refractivity contribution in [1.82, 2.24) is 14.9 Å². The topological polar surface area (TPSA) is 36.3 Å². The molecule has 2 aromatic heterocycles. The first-order valence-corrected chi connectivity index (χ1v) is 12.0. The Morgan fingerprint density at radius 2 is 1.63 bits per heavy atom. The first kappa shape index (κ1) is 23.1. The number of anilines is 2. The molecule has 1 saturated heterocycles. The molecule has 0 aliphatic carbocycles. The second-order valence-electron chi connectivity index (χ2n) is 9.05. The van der Waals surface area contributed by atoms with E-state index >= 15 is 0 Å². The lowest BCUT2D eigenvalue weighted by Gasteiger charge is -2.28. The van der Waals surface area contributed by atoms with E-state index in [9.17, 15) is 4.39 Å². The van der Waals surface area contributed by atoms with Gasteiger partial charge in [0.2, 0.25) is 0 Å². The Morgan fingerprint density at radius 3 is 2.26 bits per heavy atom. The predicted molar refractivity (Wildman–Crippen MR) is 144 cm³/mol. The largest absolute Gasteiger partial charge is 0.378 e. The van der Waals surface area contributed by atoms with Gasteiger partial charge in [0.25, 0.3) is 0 Å². The number of rotatable bonds is 5. The second kappa shape index (κ2) is 9.15. The molecule has 0 spiro atoms. The highest BCUT2D eigenvalue weighted by Crippen LogP contribution is 2.44. The average molecular weight is 486 g/mol. The van der Waals surface area contributed by atoms with Gasteiger partial charge in [0.15, 0.2) is 5.11 Å². The quantitative estimate of drug-likeness (QED) is 0.358. The fourth-order valence-electron chi connectivity index (χ4n) is 4.93. The summed E-state index contributed by atoms with van der Waals surface area (Å²) in [6.45, 7) is 4.18. The fraction of sp³-hybridized carbons (Fsp3) is 0.214. The van der Waals surface area contributed by atoms with E-state index in [0.717, 1.165) is 39.7 Å². The lowest BCUT2D eigenvalue weighted by atomic mass is 9.96. The van der Waals surface area contributed by atoms with Gasteiger partial charge in [-0.2, -0.15) is 0 Å². The summed E-state index contributed by atoms with van der Waals surface area (Å²) in [5.41, 5.74) is 7.30. The molecule has 3 heterocycles. The number of hydrogen-bond acceptors (Lipinski definition) is 3. The Balaban J connectivity index is 1.65. The summed E-state index contributed by atoms with van der Waals surface area (Å²) in [6, 6.07) is 23.0. The van der Waals surface area contributed by atoms with Gasteiger partial charge in [0, 0.05) is 48.7 Å². The number of aryl methyl sites for hydroxylation is 1. The van der Waals surface area contributed by atoms with Crippen molar-refractivity contribution in [2.45, 2.75) is 25.9 Å². The van der Waals surface area contributed by atoms with Gasteiger partial charge in [-0.1, -0.05) is 6.07 Å². The predicted octanol–water partition coefficient (Wildman–Crippen LogP) is 5.87. The first-order valence-electron chi connectivity index (χ1n) is 11.6. The molecule has 2 atom stereocenters. The van der Waals surface area contributed by atoms with E-state index in [-0.39, 0.29) is 17.9 Å². The van der Waals surface area contributed by atoms with Crippen molar-refractivity contribution in [2.24, 2.45) is 0 Å². The Bertz CT molecular complexity index is 1350. The van der Waals surface area contributed by atoms with Crippen LogP contribution in [0.2, 0.25) is 0 Å². The molecule has 178 valence electrons. The number of aromatic nitrogens is 2. The van der Waals surface area contributed by atoms with Gasteiger partial charge in [-0.15, -0.1) is 0 Å². The first-order chi connectivity index (χ1) is 16.8. The number of nitrogens with zero attached hydrogens (tertiary/aromatic N) is 4. The van der Waals surface area contributed by atoms with E-state index in [0.29, 0.717) is 5.11 Å². The van der Waals surface area contributed by atoms with Crippen molar-refractivity contribution >= 4 is 28.7 Å². The maximum atomic E-state index is 13.6. The van der Waals surface area contributed by atoms with Gasteiger partial charge >= 0.3 is 0 Å². The minimum absolute atomic E-state index is 0.108. The van der Waals surface area contributed by atoms with E-state index < -0.39 is 0 Å². The van der Waals surface area contributed by atoms with Crippen LogP contribution in [0.15, 0.2) is 79.0 Å². The summed E-state index contributed by atoms with van der Waals surface area (Å²) < 4.78 is 15.8. The summed E-state index contributed by atoms with van der Waals surface area (Å²) in [5.74, 6) is -0.246. The lowest BCUT2D eigenvalue weighted by Crippen LogP contribution is -2.29. The molecule has 35 heavy (non-hydrogen) atoms. The third-order valence-corrected chi connectivity index (χ3v) is 6.93. The van der Waals surface area contributed by atoms with Crippen molar-refractivity contribution in [3.8, 4) is 5.69 Å². The third kappa shape index (κ3) is 4.17. The van der Waals surface area contributed by atoms with Crippen LogP contribution in [-0.2, 0) is 0 Å². The number of benzene rings is 2. The maximum absolute atomic E-state index is 13.6.